The molecule has 4 N–H and O–H groups in total. The maximum atomic E-state index is 5.83. The zero-order chi connectivity index (χ0) is 14.7. The summed E-state index contributed by atoms with van der Waals surface area (Å²) in [5, 5.41) is 4.91. The zero-order valence-corrected chi connectivity index (χ0v) is 12.4. The molecule has 6 heteroatoms. The van der Waals surface area contributed by atoms with Gasteiger partial charge in [0.05, 0.1) is 0 Å². The minimum absolute atomic E-state index is 0.349. The van der Waals surface area contributed by atoms with Gasteiger partial charge in [0.2, 0.25) is 10.3 Å². The molecule has 0 aliphatic rings. The van der Waals surface area contributed by atoms with Crippen molar-refractivity contribution in [2.45, 2.75) is 6.92 Å². The number of hydrogen-bond acceptors (Lipinski definition) is 2. The molecule has 3 aromatic rings. The van der Waals surface area contributed by atoms with Crippen LogP contribution in [0.5, 0.6) is 11.6 Å². The first-order valence-electron chi connectivity index (χ1n) is 6.53. The first-order valence-corrected chi connectivity index (χ1v) is 7.82. The molecule has 0 saturated carbocycles. The molecule has 5 nitrogen and oxygen atoms in total. The van der Waals surface area contributed by atoms with Gasteiger partial charge in [0.25, 0.3) is 5.88 Å². The lowest BCUT2D eigenvalue weighted by molar-refractivity contribution is 0.441. The van der Waals surface area contributed by atoms with E-state index in [0.717, 1.165) is 10.6 Å². The fourth-order valence-electron chi connectivity index (χ4n) is 1.88. The second-order valence-electron chi connectivity index (χ2n) is 4.62. The van der Waals surface area contributed by atoms with Crippen molar-refractivity contribution in [3.63, 3.8) is 0 Å². The van der Waals surface area contributed by atoms with Gasteiger partial charge in [-0.1, -0.05) is 45.3 Å². The normalized spacial score (nSPS) is 11.2. The summed E-state index contributed by atoms with van der Waals surface area (Å²) in [6, 6.07) is 17.9. The van der Waals surface area contributed by atoms with Gasteiger partial charge in [-0.25, -0.2) is 5.10 Å². The number of ether oxygens (including phenoxy) is 1. The summed E-state index contributed by atoms with van der Waals surface area (Å²) in [5.74, 6) is 7.20. The fraction of sp³-hybridized carbons (Fsp3) is 0.0667. The molecule has 108 valence electrons. The Balaban J connectivity index is 1.94. The van der Waals surface area contributed by atoms with E-state index < -0.39 is 0 Å². The first-order chi connectivity index (χ1) is 10.2. The van der Waals surface area contributed by atoms with Gasteiger partial charge < -0.3 is 10.6 Å². The number of aromatic amines is 2. The second kappa shape index (κ2) is 5.80. The van der Waals surface area contributed by atoms with Crippen molar-refractivity contribution in [2.24, 2.45) is 0 Å². The summed E-state index contributed by atoms with van der Waals surface area (Å²) < 4.78 is 8.94. The Bertz CT molecular complexity index is 747. The van der Waals surface area contributed by atoms with Crippen LogP contribution < -0.4 is 10.6 Å². The van der Waals surface area contributed by atoms with E-state index in [-0.39, 0.29) is 10.7 Å². The molecule has 3 rings (SSSR count). The third-order valence-corrected chi connectivity index (χ3v) is 4.52. The number of aromatic nitrogens is 3. The number of para-hydroxylation sites is 1. The highest BCUT2D eigenvalue weighted by Gasteiger charge is 2.12. The van der Waals surface area contributed by atoms with Crippen LogP contribution in [0.3, 0.4) is 0 Å². The Kier molecular flexibility index (Phi) is 3.70. The second-order valence-corrected chi connectivity index (χ2v) is 6.19. The van der Waals surface area contributed by atoms with E-state index in [1.54, 1.807) is 0 Å². The van der Waals surface area contributed by atoms with Crippen molar-refractivity contribution in [3.8, 4) is 16.5 Å². The molecular weight excluding hydrogens is 284 g/mol. The summed E-state index contributed by atoms with van der Waals surface area (Å²) in [6.07, 6.45) is 0. The van der Waals surface area contributed by atoms with E-state index in [2.05, 4.69) is 40.8 Å². The standard InChI is InChI=1S/C15H17N4OS/c1-12-7-9-14(10-8-12)21-11-15(17-19(16)18-21)20-13-5-3-2-4-6-13/h2-11,17-18H,16H2,1H3/q+1. The van der Waals surface area contributed by atoms with Gasteiger partial charge in [0.15, 0.2) is 0 Å². The SMILES string of the molecule is Cc1ccc(-[s+]2cc(Oc3ccccc3)[nH]n(N)[nH]2)cc1. The van der Waals surface area contributed by atoms with Crippen LogP contribution in [-0.4, -0.2) is 14.5 Å². The lowest BCUT2D eigenvalue weighted by Crippen LogP contribution is -2.16. The van der Waals surface area contributed by atoms with Crippen molar-refractivity contribution in [1.82, 2.24) is 14.5 Å². The topological polar surface area (TPSA) is 71.8 Å². The van der Waals surface area contributed by atoms with Gasteiger partial charge >= 0.3 is 0 Å². The Hall–Kier alpha value is -2.60. The first kappa shape index (κ1) is 13.4. The average molecular weight is 301 g/mol. The highest BCUT2D eigenvalue weighted by Crippen LogP contribution is 2.30. The third-order valence-electron chi connectivity index (χ3n) is 2.90. The molecule has 0 bridgehead atoms. The number of benzene rings is 2. The number of rotatable bonds is 3. The molecule has 0 saturated heterocycles. The highest BCUT2D eigenvalue weighted by atomic mass is 32.2. The Morgan fingerprint density at radius 2 is 1.76 bits per heavy atom. The summed E-state index contributed by atoms with van der Waals surface area (Å²) in [4.78, 5) is 2.47. The molecule has 0 aliphatic heterocycles. The van der Waals surface area contributed by atoms with Crippen molar-refractivity contribution in [2.75, 3.05) is 5.84 Å². The van der Waals surface area contributed by atoms with Gasteiger partial charge in [0, 0.05) is 12.1 Å². The molecule has 0 fully saturated rings. The molecule has 21 heavy (non-hydrogen) atoms. The maximum Gasteiger partial charge on any atom is 0.271 e. The van der Waals surface area contributed by atoms with Crippen LogP contribution in [0.25, 0.3) is 4.90 Å². The zero-order valence-electron chi connectivity index (χ0n) is 11.6. The minimum atomic E-state index is -0.349. The van der Waals surface area contributed by atoms with E-state index in [4.69, 9.17) is 10.6 Å². The highest BCUT2D eigenvalue weighted by molar-refractivity contribution is 7.33. The lowest BCUT2D eigenvalue weighted by atomic mass is 10.2. The Morgan fingerprint density at radius 3 is 2.48 bits per heavy atom. The van der Waals surface area contributed by atoms with Gasteiger partial charge in [-0.2, -0.15) is 0 Å². The van der Waals surface area contributed by atoms with E-state index in [1.807, 2.05) is 35.7 Å². The monoisotopic (exact) mass is 301 g/mol. The van der Waals surface area contributed by atoms with Crippen molar-refractivity contribution in [3.05, 3.63) is 65.5 Å². The van der Waals surface area contributed by atoms with Crippen LogP contribution in [0.2, 0.25) is 0 Å². The van der Waals surface area contributed by atoms with Crippen molar-refractivity contribution < 1.29 is 4.74 Å². The van der Waals surface area contributed by atoms with E-state index in [1.165, 1.54) is 10.5 Å². The number of hydrogen-bond donors (Lipinski definition) is 3. The largest absolute Gasteiger partial charge is 0.435 e. The molecule has 2 aromatic carbocycles. The summed E-state index contributed by atoms with van der Waals surface area (Å²) in [6.45, 7) is 2.07. The molecule has 0 amide bonds. The molecule has 0 aliphatic carbocycles. The van der Waals surface area contributed by atoms with Crippen LogP contribution in [-0.2, 0) is 0 Å². The van der Waals surface area contributed by atoms with E-state index in [9.17, 15) is 0 Å². The predicted octanol–water partition coefficient (Wildman–Crippen LogP) is 3.82. The molecular formula is C15H17N4OS+. The molecule has 1 aromatic heterocycles. The van der Waals surface area contributed by atoms with Gasteiger partial charge in [-0.15, -0.1) is 0 Å². The average Bonchev–Trinajstić information content (AvgIpc) is 2.48. The van der Waals surface area contributed by atoms with Crippen LogP contribution >= 0.6 is 10.7 Å². The quantitative estimate of drug-likeness (QED) is 0.508. The summed E-state index contributed by atoms with van der Waals surface area (Å²) >= 11 is 0. The van der Waals surface area contributed by atoms with Crippen LogP contribution in [0.1, 0.15) is 5.56 Å². The number of H-pyrrole nitrogens is 2. The smallest absolute Gasteiger partial charge is 0.271 e. The molecule has 1 heterocycles. The van der Waals surface area contributed by atoms with Crippen LogP contribution in [0.15, 0.2) is 60.0 Å². The van der Waals surface area contributed by atoms with Crippen molar-refractivity contribution in [1.29, 1.82) is 0 Å². The predicted molar refractivity (Wildman–Crippen MR) is 86.0 cm³/mol. The summed E-state index contributed by atoms with van der Waals surface area (Å²) in [7, 11) is -0.349. The number of aryl methyl sites for hydroxylation is 1. The number of nitrogens with one attached hydrogen (secondary N) is 2. The molecule has 0 radical (unpaired) electrons. The fourth-order valence-corrected chi connectivity index (χ4v) is 3.17. The Labute approximate surface area is 125 Å². The molecule has 1 atom stereocenters. The van der Waals surface area contributed by atoms with Gasteiger partial charge in [-0.05, 0) is 19.1 Å². The van der Waals surface area contributed by atoms with Crippen LogP contribution in [0, 0.1) is 6.92 Å². The summed E-state index contributed by atoms with van der Waals surface area (Å²) in [5.41, 5.74) is 1.23. The number of nitrogens with zero attached hydrogens (tertiary/aromatic N) is 1. The van der Waals surface area contributed by atoms with E-state index in [0.29, 0.717) is 5.88 Å². The van der Waals surface area contributed by atoms with Gasteiger partial charge in [0.1, 0.15) is 16.4 Å². The van der Waals surface area contributed by atoms with Crippen LogP contribution in [0.4, 0.5) is 0 Å². The number of nitrogens with two attached hydrogens (primary N) is 1. The number of nitrogen functional groups attached to an aromatic ring is 1. The third kappa shape index (κ3) is 3.29. The lowest BCUT2D eigenvalue weighted by Gasteiger charge is -2.06. The van der Waals surface area contributed by atoms with E-state index >= 15 is 0 Å². The maximum absolute atomic E-state index is 5.83. The molecule has 1 unspecified atom stereocenters. The van der Waals surface area contributed by atoms with Crippen molar-refractivity contribution >= 4 is 10.7 Å². The molecule has 0 spiro atoms. The Morgan fingerprint density at radius 1 is 1.05 bits per heavy atom. The minimum Gasteiger partial charge on any atom is -0.435 e. The van der Waals surface area contributed by atoms with Gasteiger partial charge in [-0.3, -0.25) is 0 Å².